The molecule has 2 nitrogen and oxygen atoms in total. The molecular weight excluding hydrogens is 298 g/mol. The van der Waals surface area contributed by atoms with Crippen molar-refractivity contribution >= 4 is 22.7 Å². The number of aliphatic hydroxyl groups excluding tert-OH is 1. The van der Waals surface area contributed by atoms with Crippen molar-refractivity contribution in [3.05, 3.63) is 44.3 Å². The summed E-state index contributed by atoms with van der Waals surface area (Å²) in [5.41, 5.74) is 1.06. The fourth-order valence-electron chi connectivity index (χ4n) is 2.03. The normalized spacial score (nSPS) is 12.2. The smallest absolute Gasteiger partial charge is 0.0540 e. The van der Waals surface area contributed by atoms with Gasteiger partial charge in [0.1, 0.15) is 0 Å². The highest BCUT2D eigenvalue weighted by molar-refractivity contribution is 7.10. The molecule has 1 atom stereocenters. The number of likely N-dealkylation sites (N-methyl/N-ethyl adjacent to an activating group) is 1. The Morgan fingerprint density at radius 1 is 1.33 bits per heavy atom. The quantitative estimate of drug-likeness (QED) is 0.822. The molecule has 0 aliphatic rings. The number of nitrogens with zero attached hydrogens (tertiary/aromatic N) is 1. The Morgan fingerprint density at radius 3 is 2.90 bits per heavy atom. The SMILES string of the molecule is CC(Cc1cccs1)N(C)Cc1cc(C#CCCO)cs1. The van der Waals surface area contributed by atoms with Gasteiger partial charge in [-0.3, -0.25) is 4.90 Å². The first-order valence-electron chi connectivity index (χ1n) is 7.09. The van der Waals surface area contributed by atoms with Crippen LogP contribution in [0.2, 0.25) is 0 Å². The molecule has 0 fully saturated rings. The van der Waals surface area contributed by atoms with Crippen LogP contribution in [0.25, 0.3) is 0 Å². The van der Waals surface area contributed by atoms with E-state index in [1.54, 1.807) is 11.3 Å². The second-order valence-electron chi connectivity index (χ2n) is 5.12. The van der Waals surface area contributed by atoms with Crippen LogP contribution in [-0.2, 0) is 13.0 Å². The van der Waals surface area contributed by atoms with Gasteiger partial charge >= 0.3 is 0 Å². The zero-order valence-electron chi connectivity index (χ0n) is 12.5. The van der Waals surface area contributed by atoms with Crippen molar-refractivity contribution in [2.45, 2.75) is 32.4 Å². The van der Waals surface area contributed by atoms with Crippen molar-refractivity contribution in [1.82, 2.24) is 4.90 Å². The molecule has 0 radical (unpaired) electrons. The molecule has 0 spiro atoms. The van der Waals surface area contributed by atoms with E-state index in [0.29, 0.717) is 12.5 Å². The van der Waals surface area contributed by atoms with Crippen LogP contribution < -0.4 is 0 Å². The van der Waals surface area contributed by atoms with Crippen molar-refractivity contribution in [2.75, 3.05) is 13.7 Å². The van der Waals surface area contributed by atoms with Gasteiger partial charge in [0.25, 0.3) is 0 Å². The molecule has 1 N–H and O–H groups in total. The van der Waals surface area contributed by atoms with E-state index in [0.717, 1.165) is 18.5 Å². The molecular formula is C17H21NOS2. The van der Waals surface area contributed by atoms with E-state index in [4.69, 9.17) is 5.11 Å². The lowest BCUT2D eigenvalue weighted by Gasteiger charge is -2.23. The van der Waals surface area contributed by atoms with Crippen molar-refractivity contribution < 1.29 is 5.11 Å². The molecule has 2 heterocycles. The maximum atomic E-state index is 8.73. The number of rotatable bonds is 6. The lowest BCUT2D eigenvalue weighted by atomic mass is 10.2. The first kappa shape index (κ1) is 16.3. The largest absolute Gasteiger partial charge is 0.395 e. The maximum absolute atomic E-state index is 8.73. The molecule has 0 saturated heterocycles. The third-order valence-corrected chi connectivity index (χ3v) is 5.18. The van der Waals surface area contributed by atoms with Gasteiger partial charge in [-0.15, -0.1) is 22.7 Å². The molecule has 0 bridgehead atoms. The highest BCUT2D eigenvalue weighted by atomic mass is 32.1. The Balaban J connectivity index is 1.87. The molecule has 21 heavy (non-hydrogen) atoms. The van der Waals surface area contributed by atoms with Gasteiger partial charge in [0, 0.05) is 39.7 Å². The number of hydrogen-bond acceptors (Lipinski definition) is 4. The summed E-state index contributed by atoms with van der Waals surface area (Å²) in [5, 5.41) is 13.0. The van der Waals surface area contributed by atoms with Gasteiger partial charge < -0.3 is 5.11 Å². The molecule has 1 unspecified atom stereocenters. The van der Waals surface area contributed by atoms with Crippen LogP contribution in [0.5, 0.6) is 0 Å². The molecule has 2 aromatic heterocycles. The van der Waals surface area contributed by atoms with Crippen LogP contribution in [0, 0.1) is 11.8 Å². The molecule has 0 aliphatic heterocycles. The molecule has 112 valence electrons. The Bertz CT molecular complexity index is 592. The first-order valence-corrected chi connectivity index (χ1v) is 8.84. The molecule has 0 amide bonds. The summed E-state index contributed by atoms with van der Waals surface area (Å²) < 4.78 is 0. The van der Waals surface area contributed by atoms with Crippen molar-refractivity contribution in [3.63, 3.8) is 0 Å². The van der Waals surface area contributed by atoms with Crippen LogP contribution in [0.4, 0.5) is 0 Å². The number of aliphatic hydroxyl groups is 1. The molecule has 0 aliphatic carbocycles. The highest BCUT2D eigenvalue weighted by Crippen LogP contribution is 2.19. The van der Waals surface area contributed by atoms with Gasteiger partial charge in [-0.05, 0) is 37.9 Å². The zero-order chi connectivity index (χ0) is 15.1. The Labute approximate surface area is 135 Å². The van der Waals surface area contributed by atoms with E-state index in [1.807, 2.05) is 11.3 Å². The summed E-state index contributed by atoms with van der Waals surface area (Å²) in [5.74, 6) is 6.05. The lowest BCUT2D eigenvalue weighted by molar-refractivity contribution is 0.251. The third kappa shape index (κ3) is 5.29. The summed E-state index contributed by atoms with van der Waals surface area (Å²) >= 11 is 3.58. The minimum atomic E-state index is 0.132. The number of thiophene rings is 2. The molecule has 0 saturated carbocycles. The van der Waals surface area contributed by atoms with Crippen LogP contribution in [0.1, 0.15) is 28.7 Å². The topological polar surface area (TPSA) is 23.5 Å². The predicted octanol–water partition coefficient (Wildman–Crippen LogP) is 3.61. The molecule has 0 aromatic carbocycles. The predicted molar refractivity (Wildman–Crippen MR) is 91.9 cm³/mol. The fraction of sp³-hybridized carbons (Fsp3) is 0.412. The summed E-state index contributed by atoms with van der Waals surface area (Å²) in [6.45, 7) is 3.36. The standard InChI is InChI=1S/C17H21NOS2/c1-14(10-16-7-5-9-20-16)18(2)12-17-11-15(13-21-17)6-3-4-8-19/h5,7,9,11,13-14,19H,4,8,10,12H2,1-2H3. The zero-order valence-corrected chi connectivity index (χ0v) is 14.1. The van der Waals surface area contributed by atoms with Gasteiger partial charge in [-0.1, -0.05) is 17.9 Å². The van der Waals surface area contributed by atoms with Gasteiger partial charge in [-0.25, -0.2) is 0 Å². The summed E-state index contributed by atoms with van der Waals surface area (Å²) in [6.07, 6.45) is 1.64. The molecule has 2 aromatic rings. The monoisotopic (exact) mass is 319 g/mol. The van der Waals surface area contributed by atoms with Crippen LogP contribution in [0.3, 0.4) is 0 Å². The summed E-state index contributed by atoms with van der Waals surface area (Å²) in [7, 11) is 2.18. The fourth-order valence-corrected chi connectivity index (χ4v) is 3.73. The lowest BCUT2D eigenvalue weighted by Crippen LogP contribution is -2.29. The van der Waals surface area contributed by atoms with E-state index in [2.05, 4.69) is 59.7 Å². The van der Waals surface area contributed by atoms with Gasteiger partial charge in [0.2, 0.25) is 0 Å². The van der Waals surface area contributed by atoms with Crippen molar-refractivity contribution in [3.8, 4) is 11.8 Å². The van der Waals surface area contributed by atoms with E-state index in [1.165, 1.54) is 9.75 Å². The molecule has 2 rings (SSSR count). The van der Waals surface area contributed by atoms with Gasteiger partial charge in [-0.2, -0.15) is 0 Å². The Kier molecular flexibility index (Phi) is 6.47. The minimum absolute atomic E-state index is 0.132. The Morgan fingerprint density at radius 2 is 2.19 bits per heavy atom. The first-order chi connectivity index (χ1) is 10.2. The third-order valence-electron chi connectivity index (χ3n) is 3.36. The van der Waals surface area contributed by atoms with Crippen LogP contribution >= 0.6 is 22.7 Å². The van der Waals surface area contributed by atoms with Crippen LogP contribution in [0.15, 0.2) is 29.0 Å². The van der Waals surface area contributed by atoms with E-state index < -0.39 is 0 Å². The minimum Gasteiger partial charge on any atom is -0.395 e. The van der Waals surface area contributed by atoms with E-state index >= 15 is 0 Å². The number of hydrogen-bond donors (Lipinski definition) is 1. The van der Waals surface area contributed by atoms with Gasteiger partial charge in [0.05, 0.1) is 6.61 Å². The van der Waals surface area contributed by atoms with Crippen molar-refractivity contribution in [2.24, 2.45) is 0 Å². The van der Waals surface area contributed by atoms with Crippen LogP contribution in [-0.4, -0.2) is 29.7 Å². The second kappa shape index (κ2) is 8.35. The van der Waals surface area contributed by atoms with Gasteiger partial charge in [0.15, 0.2) is 0 Å². The summed E-state index contributed by atoms with van der Waals surface area (Å²) in [6, 6.07) is 7.00. The van der Waals surface area contributed by atoms with E-state index in [-0.39, 0.29) is 6.61 Å². The van der Waals surface area contributed by atoms with Crippen molar-refractivity contribution in [1.29, 1.82) is 0 Å². The molecule has 4 heteroatoms. The van der Waals surface area contributed by atoms with E-state index in [9.17, 15) is 0 Å². The average Bonchev–Trinajstić information content (AvgIpc) is 3.11. The average molecular weight is 319 g/mol. The Hall–Kier alpha value is -1.12. The maximum Gasteiger partial charge on any atom is 0.0540 e. The highest BCUT2D eigenvalue weighted by Gasteiger charge is 2.12. The summed E-state index contributed by atoms with van der Waals surface area (Å²) in [4.78, 5) is 5.16. The second-order valence-corrected chi connectivity index (χ2v) is 7.15.